The van der Waals surface area contributed by atoms with Gasteiger partial charge < -0.3 is 14.6 Å². The molecule has 138 valence electrons. The first-order valence-electron chi connectivity index (χ1n) is 8.30. The van der Waals surface area contributed by atoms with Crippen molar-refractivity contribution in [2.45, 2.75) is 12.6 Å². The lowest BCUT2D eigenvalue weighted by atomic mass is 10.2. The number of hydrogen-bond acceptors (Lipinski definition) is 7. The quantitative estimate of drug-likeness (QED) is 0.718. The molecule has 1 unspecified atom stereocenters. The van der Waals surface area contributed by atoms with Gasteiger partial charge in [0.2, 0.25) is 0 Å². The van der Waals surface area contributed by atoms with Gasteiger partial charge in [-0.2, -0.15) is 4.98 Å². The summed E-state index contributed by atoms with van der Waals surface area (Å²) in [7, 11) is 2.08. The maximum absolute atomic E-state index is 5.86. The number of ether oxygens (including phenoxy) is 1. The molecule has 3 heterocycles. The minimum absolute atomic E-state index is 0. The van der Waals surface area contributed by atoms with Gasteiger partial charge in [-0.05, 0) is 36.7 Å². The third kappa shape index (κ3) is 4.24. The number of hydrogen-bond donors (Lipinski definition) is 1. The molecule has 8 heteroatoms. The molecule has 3 aromatic rings. The van der Waals surface area contributed by atoms with Crippen molar-refractivity contribution in [3.63, 3.8) is 0 Å². The van der Waals surface area contributed by atoms with Crippen molar-refractivity contribution in [3.05, 3.63) is 52.5 Å². The van der Waals surface area contributed by atoms with Gasteiger partial charge in [-0.1, -0.05) is 17.3 Å². The van der Waals surface area contributed by atoms with E-state index in [-0.39, 0.29) is 18.4 Å². The zero-order valence-corrected chi connectivity index (χ0v) is 16.1. The predicted octanol–water partition coefficient (Wildman–Crippen LogP) is 3.38. The van der Waals surface area contributed by atoms with Crippen molar-refractivity contribution < 1.29 is 9.26 Å². The standard InChI is InChI=1S/C18H20N4O2S.ClH/c1-22-8-7-19-11-16(22)17-20-18(24-21-17)13-4-2-5-14(10-13)23-12-15-6-3-9-25-15;/h2-6,9-10,16,19H,7-8,11-12H2,1H3;1H. The van der Waals surface area contributed by atoms with Crippen LogP contribution < -0.4 is 10.1 Å². The number of nitrogens with one attached hydrogen (secondary N) is 1. The van der Waals surface area contributed by atoms with E-state index in [2.05, 4.69) is 33.5 Å². The van der Waals surface area contributed by atoms with Crippen molar-refractivity contribution in [1.29, 1.82) is 0 Å². The molecular formula is C18H21ClN4O2S. The van der Waals surface area contributed by atoms with Crippen molar-refractivity contribution in [3.8, 4) is 17.2 Å². The number of benzene rings is 1. The van der Waals surface area contributed by atoms with Gasteiger partial charge in [-0.3, -0.25) is 4.90 Å². The second-order valence-corrected chi connectivity index (χ2v) is 7.09. The molecule has 1 saturated heterocycles. The first-order valence-corrected chi connectivity index (χ1v) is 9.18. The maximum atomic E-state index is 5.86. The highest BCUT2D eigenvalue weighted by Gasteiger charge is 2.25. The maximum Gasteiger partial charge on any atom is 0.258 e. The normalized spacial score (nSPS) is 17.7. The van der Waals surface area contributed by atoms with E-state index in [9.17, 15) is 0 Å². The molecule has 6 nitrogen and oxygen atoms in total. The lowest BCUT2D eigenvalue weighted by molar-refractivity contribution is 0.190. The molecule has 1 aliphatic heterocycles. The Kier molecular flexibility index (Phi) is 6.26. The van der Waals surface area contributed by atoms with Gasteiger partial charge >= 0.3 is 0 Å². The molecule has 1 fully saturated rings. The Morgan fingerprint density at radius 2 is 2.27 bits per heavy atom. The van der Waals surface area contributed by atoms with Crippen molar-refractivity contribution in [1.82, 2.24) is 20.4 Å². The molecule has 0 radical (unpaired) electrons. The van der Waals surface area contributed by atoms with Crippen molar-refractivity contribution in [2.24, 2.45) is 0 Å². The Morgan fingerprint density at radius 1 is 1.35 bits per heavy atom. The highest BCUT2D eigenvalue weighted by atomic mass is 35.5. The van der Waals surface area contributed by atoms with Crippen molar-refractivity contribution in [2.75, 3.05) is 26.7 Å². The average Bonchev–Trinajstić information content (AvgIpc) is 3.33. The molecule has 2 aromatic heterocycles. The van der Waals surface area contributed by atoms with E-state index < -0.39 is 0 Å². The summed E-state index contributed by atoms with van der Waals surface area (Å²) in [4.78, 5) is 8.03. The number of aromatic nitrogens is 2. The molecule has 4 rings (SSSR count). The van der Waals surface area contributed by atoms with Crippen LogP contribution in [-0.4, -0.2) is 41.7 Å². The first kappa shape index (κ1) is 18.8. The molecule has 0 bridgehead atoms. The van der Waals surface area contributed by atoms with Crippen LogP contribution in [0.2, 0.25) is 0 Å². The summed E-state index contributed by atoms with van der Waals surface area (Å²) in [6.45, 7) is 3.36. The van der Waals surface area contributed by atoms with E-state index in [1.165, 1.54) is 4.88 Å². The van der Waals surface area contributed by atoms with Gasteiger partial charge in [0.05, 0.1) is 6.04 Å². The number of halogens is 1. The molecule has 1 atom stereocenters. The van der Waals surface area contributed by atoms with Crippen LogP contribution >= 0.6 is 23.7 Å². The first-order chi connectivity index (χ1) is 12.3. The van der Waals surface area contributed by atoms with E-state index in [0.29, 0.717) is 12.5 Å². The average molecular weight is 393 g/mol. The fourth-order valence-corrected chi connectivity index (χ4v) is 3.47. The Balaban J connectivity index is 0.00000196. The summed E-state index contributed by atoms with van der Waals surface area (Å²) in [5.74, 6) is 2.03. The van der Waals surface area contributed by atoms with E-state index in [1.807, 2.05) is 35.7 Å². The zero-order chi connectivity index (χ0) is 17.1. The second kappa shape index (κ2) is 8.64. The summed E-state index contributed by atoms with van der Waals surface area (Å²) in [6, 6.07) is 12.0. The monoisotopic (exact) mass is 392 g/mol. The SMILES string of the molecule is CN1CCNCC1c1noc(-c2cccc(OCc3cccs3)c2)n1.Cl. The number of likely N-dealkylation sites (N-methyl/N-ethyl adjacent to an activating group) is 1. The van der Waals surface area contributed by atoms with Crippen LogP contribution in [0, 0.1) is 0 Å². The molecule has 1 aromatic carbocycles. The zero-order valence-electron chi connectivity index (χ0n) is 14.4. The Bertz CT molecular complexity index is 824. The van der Waals surface area contributed by atoms with Gasteiger partial charge in [0, 0.05) is 30.1 Å². The third-order valence-electron chi connectivity index (χ3n) is 4.29. The molecule has 0 amide bonds. The minimum Gasteiger partial charge on any atom is -0.488 e. The van der Waals surface area contributed by atoms with Gasteiger partial charge in [0.15, 0.2) is 5.82 Å². The van der Waals surface area contributed by atoms with E-state index in [1.54, 1.807) is 11.3 Å². The summed E-state index contributed by atoms with van der Waals surface area (Å²) in [5, 5.41) is 9.59. The van der Waals surface area contributed by atoms with E-state index in [4.69, 9.17) is 9.26 Å². The molecule has 0 aliphatic carbocycles. The lowest BCUT2D eigenvalue weighted by Crippen LogP contribution is -2.44. The van der Waals surface area contributed by atoms with Crippen LogP contribution in [-0.2, 0) is 6.61 Å². The van der Waals surface area contributed by atoms with Crippen LogP contribution in [0.3, 0.4) is 0 Å². The Labute approximate surface area is 162 Å². The van der Waals surface area contributed by atoms with Crippen molar-refractivity contribution >= 4 is 23.7 Å². The number of thiophene rings is 1. The van der Waals surface area contributed by atoms with Crippen LogP contribution in [0.15, 0.2) is 46.3 Å². The molecular weight excluding hydrogens is 372 g/mol. The van der Waals surface area contributed by atoms with Crippen LogP contribution in [0.4, 0.5) is 0 Å². The third-order valence-corrected chi connectivity index (χ3v) is 5.14. The Hall–Kier alpha value is -1.93. The molecule has 26 heavy (non-hydrogen) atoms. The summed E-state index contributed by atoms with van der Waals surface area (Å²) in [5.41, 5.74) is 0.869. The smallest absolute Gasteiger partial charge is 0.258 e. The molecule has 0 spiro atoms. The largest absolute Gasteiger partial charge is 0.488 e. The summed E-state index contributed by atoms with van der Waals surface area (Å²) in [6.07, 6.45) is 0. The van der Waals surface area contributed by atoms with Gasteiger partial charge in [0.1, 0.15) is 12.4 Å². The van der Waals surface area contributed by atoms with E-state index >= 15 is 0 Å². The number of nitrogens with zero attached hydrogens (tertiary/aromatic N) is 3. The van der Waals surface area contributed by atoms with Crippen LogP contribution in [0.5, 0.6) is 5.75 Å². The van der Waals surface area contributed by atoms with E-state index in [0.717, 1.165) is 36.8 Å². The summed E-state index contributed by atoms with van der Waals surface area (Å²) < 4.78 is 11.3. The Morgan fingerprint density at radius 3 is 3.08 bits per heavy atom. The number of rotatable bonds is 5. The van der Waals surface area contributed by atoms with Gasteiger partial charge in [-0.15, -0.1) is 23.7 Å². The van der Waals surface area contributed by atoms with Crippen LogP contribution in [0.1, 0.15) is 16.7 Å². The molecule has 0 saturated carbocycles. The van der Waals surface area contributed by atoms with Crippen LogP contribution in [0.25, 0.3) is 11.5 Å². The minimum atomic E-state index is 0. The fourth-order valence-electron chi connectivity index (χ4n) is 2.85. The van der Waals surface area contributed by atoms with Gasteiger partial charge in [0.25, 0.3) is 5.89 Å². The fraction of sp³-hybridized carbons (Fsp3) is 0.333. The predicted molar refractivity (Wildman–Crippen MR) is 104 cm³/mol. The highest BCUT2D eigenvalue weighted by Crippen LogP contribution is 2.26. The second-order valence-electron chi connectivity index (χ2n) is 6.05. The topological polar surface area (TPSA) is 63.4 Å². The molecule has 1 aliphatic rings. The molecule has 1 N–H and O–H groups in total. The summed E-state index contributed by atoms with van der Waals surface area (Å²) >= 11 is 1.69. The highest BCUT2D eigenvalue weighted by molar-refractivity contribution is 7.09. The lowest BCUT2D eigenvalue weighted by Gasteiger charge is -2.30. The number of piperazine rings is 1. The van der Waals surface area contributed by atoms with Gasteiger partial charge in [-0.25, -0.2) is 0 Å².